The summed E-state index contributed by atoms with van der Waals surface area (Å²) in [5.74, 6) is 0.200. The van der Waals surface area contributed by atoms with Gasteiger partial charge in [0.15, 0.2) is 0 Å². The van der Waals surface area contributed by atoms with Crippen molar-refractivity contribution in [2.75, 3.05) is 13.7 Å². The Balaban J connectivity index is 0.000000288. The van der Waals surface area contributed by atoms with Crippen LogP contribution < -0.4 is 0 Å². The molecule has 0 heterocycles. The Morgan fingerprint density at radius 1 is 1.31 bits per heavy atom. The van der Waals surface area contributed by atoms with Crippen LogP contribution >= 0.6 is 0 Å². The van der Waals surface area contributed by atoms with E-state index in [4.69, 9.17) is 9.47 Å². The van der Waals surface area contributed by atoms with Crippen LogP contribution in [0.5, 0.6) is 0 Å². The van der Waals surface area contributed by atoms with Crippen LogP contribution in [0.25, 0.3) is 0 Å². The number of rotatable bonds is 3. The standard InChI is InChI=1S/C6H12O3.C6H10O/c1-5(4-8-3)9-6(2)7;7-6-4-2-1-3-5-6/h5H,4H2,1-3H3;1-5H2. The summed E-state index contributed by atoms with van der Waals surface area (Å²) in [6, 6.07) is 0. The van der Waals surface area contributed by atoms with Crippen LogP contribution in [0.1, 0.15) is 46.0 Å². The number of methoxy groups -OCH3 is 1. The van der Waals surface area contributed by atoms with Gasteiger partial charge in [-0.15, -0.1) is 0 Å². The van der Waals surface area contributed by atoms with Crippen LogP contribution in [0.2, 0.25) is 0 Å². The van der Waals surface area contributed by atoms with Crippen molar-refractivity contribution >= 4 is 11.8 Å². The Labute approximate surface area is 97.3 Å². The molecular weight excluding hydrogens is 208 g/mol. The molecule has 1 fully saturated rings. The quantitative estimate of drug-likeness (QED) is 0.697. The summed E-state index contributed by atoms with van der Waals surface area (Å²) in [5.41, 5.74) is 0. The van der Waals surface area contributed by atoms with Crippen molar-refractivity contribution in [2.24, 2.45) is 0 Å². The number of hydrogen-bond donors (Lipinski definition) is 0. The Kier molecular flexibility index (Phi) is 8.81. The van der Waals surface area contributed by atoms with E-state index in [0.29, 0.717) is 12.4 Å². The molecule has 1 rings (SSSR count). The molecule has 1 unspecified atom stereocenters. The van der Waals surface area contributed by atoms with E-state index in [1.54, 1.807) is 14.0 Å². The van der Waals surface area contributed by atoms with Gasteiger partial charge in [0.2, 0.25) is 0 Å². The summed E-state index contributed by atoms with van der Waals surface area (Å²) in [6.07, 6.45) is 5.11. The topological polar surface area (TPSA) is 52.6 Å². The molecule has 0 saturated heterocycles. The van der Waals surface area contributed by atoms with Gasteiger partial charge in [-0.05, 0) is 19.8 Å². The molecule has 0 radical (unpaired) electrons. The van der Waals surface area contributed by atoms with Crippen molar-refractivity contribution in [3.8, 4) is 0 Å². The van der Waals surface area contributed by atoms with Gasteiger partial charge in [0, 0.05) is 26.9 Å². The molecular formula is C12H22O4. The molecule has 0 aromatic rings. The third kappa shape index (κ3) is 9.65. The molecule has 0 bridgehead atoms. The lowest BCUT2D eigenvalue weighted by molar-refractivity contribution is -0.147. The van der Waals surface area contributed by atoms with Crippen molar-refractivity contribution in [3.05, 3.63) is 0 Å². The van der Waals surface area contributed by atoms with Gasteiger partial charge in [0.1, 0.15) is 11.9 Å². The molecule has 0 spiro atoms. The normalized spacial score (nSPS) is 17.1. The number of carbonyl (C=O) groups is 2. The van der Waals surface area contributed by atoms with Gasteiger partial charge in [-0.2, -0.15) is 0 Å². The van der Waals surface area contributed by atoms with Crippen LogP contribution in [0.3, 0.4) is 0 Å². The third-order valence-electron chi connectivity index (χ3n) is 2.18. The lowest BCUT2D eigenvalue weighted by Crippen LogP contribution is -2.17. The highest BCUT2D eigenvalue weighted by Crippen LogP contribution is 2.12. The van der Waals surface area contributed by atoms with E-state index in [2.05, 4.69) is 0 Å². The molecule has 1 atom stereocenters. The van der Waals surface area contributed by atoms with Gasteiger partial charge >= 0.3 is 5.97 Å². The fourth-order valence-corrected chi connectivity index (χ4v) is 1.50. The van der Waals surface area contributed by atoms with E-state index in [9.17, 15) is 9.59 Å². The fraction of sp³-hybridized carbons (Fsp3) is 0.833. The van der Waals surface area contributed by atoms with Crippen molar-refractivity contribution < 1.29 is 19.1 Å². The molecule has 4 heteroatoms. The maximum atomic E-state index is 10.5. The first-order chi connectivity index (χ1) is 7.56. The van der Waals surface area contributed by atoms with Gasteiger partial charge in [0.25, 0.3) is 0 Å². The summed E-state index contributed by atoms with van der Waals surface area (Å²) in [6.45, 7) is 3.62. The maximum Gasteiger partial charge on any atom is 0.302 e. The van der Waals surface area contributed by atoms with Crippen LogP contribution in [0.4, 0.5) is 0 Å². The molecule has 16 heavy (non-hydrogen) atoms. The molecule has 1 aliphatic rings. The van der Waals surface area contributed by atoms with E-state index in [0.717, 1.165) is 25.7 Å². The predicted octanol–water partition coefficient (Wildman–Crippen LogP) is 2.10. The monoisotopic (exact) mass is 230 g/mol. The number of ether oxygens (including phenoxy) is 2. The molecule has 0 aromatic heterocycles. The lowest BCUT2D eigenvalue weighted by atomic mass is 10.00. The number of ketones is 1. The summed E-state index contributed by atoms with van der Waals surface area (Å²) in [4.78, 5) is 20.7. The average molecular weight is 230 g/mol. The zero-order valence-electron chi connectivity index (χ0n) is 10.5. The third-order valence-corrected chi connectivity index (χ3v) is 2.18. The smallest absolute Gasteiger partial charge is 0.302 e. The first-order valence-corrected chi connectivity index (χ1v) is 5.74. The molecule has 0 N–H and O–H groups in total. The molecule has 0 aromatic carbocycles. The molecule has 0 amide bonds. The Morgan fingerprint density at radius 2 is 1.88 bits per heavy atom. The molecule has 1 aliphatic carbocycles. The first-order valence-electron chi connectivity index (χ1n) is 5.74. The van der Waals surface area contributed by atoms with Crippen molar-refractivity contribution in [2.45, 2.75) is 52.1 Å². The highest BCUT2D eigenvalue weighted by atomic mass is 16.6. The number of carbonyl (C=O) groups excluding carboxylic acids is 2. The largest absolute Gasteiger partial charge is 0.460 e. The van der Waals surface area contributed by atoms with E-state index >= 15 is 0 Å². The van der Waals surface area contributed by atoms with Crippen molar-refractivity contribution in [1.29, 1.82) is 0 Å². The maximum absolute atomic E-state index is 10.5. The summed E-state index contributed by atoms with van der Waals surface area (Å²) >= 11 is 0. The number of hydrogen-bond acceptors (Lipinski definition) is 4. The van der Waals surface area contributed by atoms with Crippen molar-refractivity contribution in [3.63, 3.8) is 0 Å². The van der Waals surface area contributed by atoms with Crippen molar-refractivity contribution in [1.82, 2.24) is 0 Å². The Bertz CT molecular complexity index is 205. The highest BCUT2D eigenvalue weighted by molar-refractivity contribution is 5.78. The van der Waals surface area contributed by atoms with Crippen LogP contribution in [-0.2, 0) is 19.1 Å². The predicted molar refractivity (Wildman–Crippen MR) is 61.2 cm³/mol. The fourth-order valence-electron chi connectivity index (χ4n) is 1.50. The molecule has 94 valence electrons. The van der Waals surface area contributed by atoms with E-state index in [1.807, 2.05) is 0 Å². The van der Waals surface area contributed by atoms with E-state index < -0.39 is 0 Å². The van der Waals surface area contributed by atoms with E-state index in [1.165, 1.54) is 13.3 Å². The summed E-state index contributed by atoms with van der Waals surface area (Å²) in [7, 11) is 1.57. The highest BCUT2D eigenvalue weighted by Gasteiger charge is 2.06. The average Bonchev–Trinajstić information content (AvgIpc) is 2.18. The minimum atomic E-state index is -0.264. The second kappa shape index (κ2) is 9.33. The lowest BCUT2D eigenvalue weighted by Gasteiger charge is -2.08. The van der Waals surface area contributed by atoms with Gasteiger partial charge in [0.05, 0.1) is 6.61 Å². The van der Waals surface area contributed by atoms with Gasteiger partial charge in [-0.25, -0.2) is 0 Å². The Morgan fingerprint density at radius 3 is 2.19 bits per heavy atom. The second-order valence-corrected chi connectivity index (χ2v) is 3.97. The molecule has 4 nitrogen and oxygen atoms in total. The van der Waals surface area contributed by atoms with Crippen LogP contribution in [0, 0.1) is 0 Å². The molecule has 1 saturated carbocycles. The summed E-state index contributed by atoms with van der Waals surface area (Å²) in [5, 5.41) is 0. The van der Waals surface area contributed by atoms with Crippen LogP contribution in [0.15, 0.2) is 0 Å². The van der Waals surface area contributed by atoms with Gasteiger partial charge < -0.3 is 9.47 Å². The minimum absolute atomic E-state index is 0.132. The minimum Gasteiger partial charge on any atom is -0.460 e. The molecule has 0 aliphatic heterocycles. The van der Waals surface area contributed by atoms with E-state index in [-0.39, 0.29) is 12.1 Å². The first kappa shape index (κ1) is 15.1. The summed E-state index contributed by atoms with van der Waals surface area (Å²) < 4.78 is 9.45. The SMILES string of the molecule is COCC(C)OC(C)=O.O=C1CCCCC1. The number of Topliss-reactive ketones (excluding diaryl/α,β-unsaturated/α-hetero) is 1. The zero-order valence-corrected chi connectivity index (χ0v) is 10.5. The second-order valence-electron chi connectivity index (χ2n) is 3.97. The van der Waals surface area contributed by atoms with Crippen LogP contribution in [-0.4, -0.2) is 31.6 Å². The van der Waals surface area contributed by atoms with Gasteiger partial charge in [-0.1, -0.05) is 6.42 Å². The zero-order chi connectivity index (χ0) is 12.4. The van der Waals surface area contributed by atoms with Gasteiger partial charge in [-0.3, -0.25) is 9.59 Å². The number of esters is 1. The Hall–Kier alpha value is -0.900.